The number of carbonyl (C=O) groups excluding carboxylic acids is 2. The summed E-state index contributed by atoms with van der Waals surface area (Å²) in [5, 5.41) is 2.37. The number of nitrogens with one attached hydrogen (secondary N) is 1. The van der Waals surface area contributed by atoms with Crippen molar-refractivity contribution in [2.45, 2.75) is 18.5 Å². The number of hydrogen-bond acceptors (Lipinski definition) is 4. The maximum atomic E-state index is 13.0. The summed E-state index contributed by atoms with van der Waals surface area (Å²) in [6, 6.07) is 10.4. The van der Waals surface area contributed by atoms with E-state index in [1.807, 2.05) is 0 Å². The number of amides is 1. The van der Waals surface area contributed by atoms with Crippen molar-refractivity contribution in [1.82, 2.24) is 4.31 Å². The first-order chi connectivity index (χ1) is 13.1. The number of rotatable bonds is 2. The summed E-state index contributed by atoms with van der Waals surface area (Å²) in [4.78, 5) is 24.0. The standard InChI is InChI=1S/C18H13F3N2O4S/c19-18(20,21)28(26,27)23-7-6-11-12(10-4-2-1-3-5-10)8-13-15(14(11)9-23)22-17(25)16(13)24/h1-5,8H,6-7,9H2,(H,22,24,25). The lowest BCUT2D eigenvalue weighted by Crippen LogP contribution is -2.43. The lowest BCUT2D eigenvalue weighted by molar-refractivity contribution is -0.112. The number of Topliss-reactive ketones (excluding diaryl/α,β-unsaturated/α-hetero) is 1. The quantitative estimate of drug-likeness (QED) is 0.772. The first-order valence-corrected chi connectivity index (χ1v) is 9.71. The zero-order chi connectivity index (χ0) is 20.3. The van der Waals surface area contributed by atoms with Gasteiger partial charge in [-0.3, -0.25) is 9.59 Å². The van der Waals surface area contributed by atoms with Crippen LogP contribution in [0, 0.1) is 0 Å². The van der Waals surface area contributed by atoms with Crippen LogP contribution in [0.5, 0.6) is 0 Å². The highest BCUT2D eigenvalue weighted by atomic mass is 32.2. The minimum atomic E-state index is -5.53. The Balaban J connectivity index is 1.90. The van der Waals surface area contributed by atoms with Crippen LogP contribution >= 0.6 is 0 Å². The van der Waals surface area contributed by atoms with Crippen LogP contribution in [0.15, 0.2) is 36.4 Å². The summed E-state index contributed by atoms with van der Waals surface area (Å²) in [6.07, 6.45) is 0.0201. The normalized spacial score (nSPS) is 17.2. The zero-order valence-electron chi connectivity index (χ0n) is 14.2. The molecular formula is C18H13F3N2O4S. The van der Waals surface area contributed by atoms with Gasteiger partial charge in [-0.2, -0.15) is 17.5 Å². The van der Waals surface area contributed by atoms with E-state index in [4.69, 9.17) is 0 Å². The van der Waals surface area contributed by atoms with Gasteiger partial charge in [0, 0.05) is 13.1 Å². The van der Waals surface area contributed by atoms with Gasteiger partial charge >= 0.3 is 15.5 Å². The Hall–Kier alpha value is -2.72. The van der Waals surface area contributed by atoms with Crippen molar-refractivity contribution < 1.29 is 31.2 Å². The number of ketones is 1. The molecule has 2 heterocycles. The summed E-state index contributed by atoms with van der Waals surface area (Å²) in [6.45, 7) is -0.927. The SMILES string of the molecule is O=C1Nc2c(cc(-c3ccccc3)c3c2CN(S(=O)(=O)C(F)(F)F)CC3)C1=O. The second kappa shape index (κ2) is 6.14. The number of benzene rings is 2. The van der Waals surface area contributed by atoms with Crippen molar-refractivity contribution in [3.05, 3.63) is 53.1 Å². The van der Waals surface area contributed by atoms with Crippen molar-refractivity contribution in [2.24, 2.45) is 0 Å². The van der Waals surface area contributed by atoms with Crippen LogP contribution in [0.3, 0.4) is 0 Å². The molecule has 0 atom stereocenters. The van der Waals surface area contributed by atoms with E-state index in [0.29, 0.717) is 15.4 Å². The van der Waals surface area contributed by atoms with Gasteiger partial charge in [0.15, 0.2) is 0 Å². The summed E-state index contributed by atoms with van der Waals surface area (Å²) in [5.74, 6) is -1.69. The van der Waals surface area contributed by atoms with E-state index in [1.54, 1.807) is 30.3 Å². The van der Waals surface area contributed by atoms with E-state index in [9.17, 15) is 31.2 Å². The van der Waals surface area contributed by atoms with Crippen LogP contribution in [0.2, 0.25) is 0 Å². The molecule has 4 rings (SSSR count). The molecule has 0 saturated heterocycles. The van der Waals surface area contributed by atoms with Gasteiger partial charge < -0.3 is 5.32 Å². The summed E-state index contributed by atoms with van der Waals surface area (Å²) in [5.41, 5.74) is -3.14. The van der Waals surface area contributed by atoms with Gasteiger partial charge in [-0.15, -0.1) is 0 Å². The van der Waals surface area contributed by atoms with Crippen molar-refractivity contribution in [3.8, 4) is 11.1 Å². The number of anilines is 1. The maximum absolute atomic E-state index is 13.0. The molecule has 0 radical (unpaired) electrons. The van der Waals surface area contributed by atoms with Gasteiger partial charge in [0.2, 0.25) is 0 Å². The predicted molar refractivity (Wildman–Crippen MR) is 93.9 cm³/mol. The van der Waals surface area contributed by atoms with Gasteiger partial charge in [0.05, 0.1) is 11.3 Å². The molecule has 0 aliphatic carbocycles. The van der Waals surface area contributed by atoms with Gasteiger partial charge in [-0.05, 0) is 34.7 Å². The maximum Gasteiger partial charge on any atom is 0.511 e. The first-order valence-electron chi connectivity index (χ1n) is 8.27. The Labute approximate surface area is 158 Å². The van der Waals surface area contributed by atoms with E-state index < -0.39 is 33.8 Å². The molecule has 0 saturated carbocycles. The molecule has 0 unspecified atom stereocenters. The van der Waals surface area contributed by atoms with E-state index in [2.05, 4.69) is 5.32 Å². The largest absolute Gasteiger partial charge is 0.511 e. The number of sulfonamides is 1. The molecule has 0 bridgehead atoms. The fourth-order valence-corrected chi connectivity index (χ4v) is 4.50. The molecule has 0 spiro atoms. The van der Waals surface area contributed by atoms with E-state index in [0.717, 1.165) is 5.56 Å². The molecule has 2 aromatic carbocycles. The Bertz CT molecular complexity index is 1110. The molecule has 6 nitrogen and oxygen atoms in total. The molecule has 2 aliphatic heterocycles. The van der Waals surface area contributed by atoms with Crippen molar-refractivity contribution in [1.29, 1.82) is 0 Å². The lowest BCUT2D eigenvalue weighted by Gasteiger charge is -2.31. The van der Waals surface area contributed by atoms with Crippen LogP contribution in [0.1, 0.15) is 21.5 Å². The van der Waals surface area contributed by atoms with E-state index >= 15 is 0 Å². The minimum absolute atomic E-state index is 0.0201. The second-order valence-electron chi connectivity index (χ2n) is 6.49. The highest BCUT2D eigenvalue weighted by molar-refractivity contribution is 7.89. The number of fused-ring (bicyclic) bond motifs is 3. The van der Waals surface area contributed by atoms with Gasteiger partial charge in [0.1, 0.15) is 0 Å². The molecule has 2 aliphatic rings. The lowest BCUT2D eigenvalue weighted by atomic mass is 9.88. The molecule has 1 amide bonds. The van der Waals surface area contributed by atoms with Crippen LogP contribution in [0.4, 0.5) is 18.9 Å². The summed E-state index contributed by atoms with van der Waals surface area (Å²) >= 11 is 0. The molecular weight excluding hydrogens is 397 g/mol. The van der Waals surface area contributed by atoms with Crippen LogP contribution < -0.4 is 5.32 Å². The number of nitrogens with zero attached hydrogens (tertiary/aromatic N) is 1. The van der Waals surface area contributed by atoms with Crippen LogP contribution in [-0.4, -0.2) is 36.5 Å². The summed E-state index contributed by atoms with van der Waals surface area (Å²) in [7, 11) is -5.53. The number of halogens is 3. The summed E-state index contributed by atoms with van der Waals surface area (Å²) < 4.78 is 63.0. The Morgan fingerprint density at radius 1 is 1.00 bits per heavy atom. The highest BCUT2D eigenvalue weighted by Gasteiger charge is 2.51. The minimum Gasteiger partial charge on any atom is -0.318 e. The van der Waals surface area contributed by atoms with Crippen molar-refractivity contribution >= 4 is 27.4 Å². The molecule has 0 aromatic heterocycles. The predicted octanol–water partition coefficient (Wildman–Crippen LogP) is 2.70. The fraction of sp³-hybridized carbons (Fsp3) is 0.222. The third-order valence-corrected chi connectivity index (χ3v) is 6.48. The molecule has 10 heteroatoms. The highest BCUT2D eigenvalue weighted by Crippen LogP contribution is 2.41. The van der Waals surface area contributed by atoms with Gasteiger partial charge in [-0.1, -0.05) is 30.3 Å². The monoisotopic (exact) mass is 410 g/mol. The topological polar surface area (TPSA) is 83.6 Å². The van der Waals surface area contributed by atoms with Crippen molar-refractivity contribution in [2.75, 3.05) is 11.9 Å². The van der Waals surface area contributed by atoms with E-state index in [-0.39, 0.29) is 29.8 Å². The average molecular weight is 410 g/mol. The third kappa shape index (κ3) is 2.71. The molecule has 1 N–H and O–H groups in total. The van der Waals surface area contributed by atoms with Gasteiger partial charge in [0.25, 0.3) is 11.7 Å². The fourth-order valence-electron chi connectivity index (χ4n) is 3.57. The molecule has 146 valence electrons. The second-order valence-corrected chi connectivity index (χ2v) is 8.42. The Morgan fingerprint density at radius 2 is 1.68 bits per heavy atom. The molecule has 28 heavy (non-hydrogen) atoms. The smallest absolute Gasteiger partial charge is 0.318 e. The van der Waals surface area contributed by atoms with Crippen LogP contribution in [0.25, 0.3) is 11.1 Å². The first kappa shape index (κ1) is 18.6. The van der Waals surface area contributed by atoms with Crippen LogP contribution in [-0.2, 0) is 27.8 Å². The van der Waals surface area contributed by atoms with Gasteiger partial charge in [-0.25, -0.2) is 8.42 Å². The van der Waals surface area contributed by atoms with Crippen molar-refractivity contribution in [3.63, 3.8) is 0 Å². The number of hydrogen-bond donors (Lipinski definition) is 1. The average Bonchev–Trinajstić information content (AvgIpc) is 2.95. The third-order valence-electron chi connectivity index (χ3n) is 4.90. The number of alkyl halides is 3. The zero-order valence-corrected chi connectivity index (χ0v) is 15.0. The molecule has 2 aromatic rings. The Kier molecular flexibility index (Phi) is 4.09. The Morgan fingerprint density at radius 3 is 2.32 bits per heavy atom. The number of carbonyl (C=O) groups is 2. The van der Waals surface area contributed by atoms with E-state index in [1.165, 1.54) is 6.07 Å². The molecule has 0 fully saturated rings.